The molecule has 0 spiro atoms. The van der Waals surface area contributed by atoms with Crippen molar-refractivity contribution in [2.45, 2.75) is 236 Å². The number of ether oxygens (including phenoxy) is 6. The van der Waals surface area contributed by atoms with Crippen molar-refractivity contribution >= 4 is 108 Å². The third kappa shape index (κ3) is 51.8. The molecule has 131 heavy (non-hydrogen) atoms. The molecule has 32 nitrogen and oxygen atoms in total. The molecule has 0 bridgehead atoms. The van der Waals surface area contributed by atoms with Crippen molar-refractivity contribution in [1.82, 2.24) is 60.3 Å². The van der Waals surface area contributed by atoms with E-state index in [0.29, 0.717) is 91.7 Å². The van der Waals surface area contributed by atoms with Crippen LogP contribution in [0.1, 0.15) is 221 Å². The van der Waals surface area contributed by atoms with Crippen molar-refractivity contribution in [2.24, 2.45) is 11.5 Å². The Morgan fingerprint density at radius 1 is 0.420 bits per heavy atom. The maximum atomic E-state index is 12.7. The number of nitrogens with zero attached hydrogens (tertiary/aromatic N) is 9. The van der Waals surface area contributed by atoms with E-state index in [2.05, 4.69) is 46.0 Å². The summed E-state index contributed by atoms with van der Waals surface area (Å²) in [5, 5.41) is 49.1. The Labute approximate surface area is 801 Å². The topological polar surface area (TPSA) is 433 Å². The van der Waals surface area contributed by atoms with Crippen LogP contribution in [0.3, 0.4) is 0 Å². The number of carbonyl (C=O) groups excluding carboxylic acids is 6. The minimum absolute atomic E-state index is 0. The lowest BCUT2D eigenvalue weighted by Crippen LogP contribution is -2.48. The number of carboxylic acid groups (broad SMARTS) is 1. The number of carboxylic acids is 1. The Morgan fingerprint density at radius 3 is 1.10 bits per heavy atom. The molecule has 5 aliphatic rings. The summed E-state index contributed by atoms with van der Waals surface area (Å²) >= 11 is 22.6. The number of amides is 4. The summed E-state index contributed by atoms with van der Waals surface area (Å²) in [6, 6.07) is 31.8. The normalized spacial score (nSPS) is 13.7. The molecule has 4 amide bonds. The Kier molecular flexibility index (Phi) is 73.1. The first kappa shape index (κ1) is 130. The van der Waals surface area contributed by atoms with Crippen LogP contribution >= 0.6 is 46.4 Å². The zero-order valence-corrected chi connectivity index (χ0v) is 74.9. The van der Waals surface area contributed by atoms with Gasteiger partial charge in [0.25, 0.3) is 0 Å². The Morgan fingerprint density at radius 2 is 0.748 bits per heavy atom. The number of benzene rings is 2. The number of aromatic hydroxyl groups is 1. The number of nitrogens with one attached hydrogen (secondary N) is 4. The molecule has 0 saturated carbocycles. The Bertz CT molecular complexity index is 4200. The second kappa shape index (κ2) is 73.8. The van der Waals surface area contributed by atoms with Gasteiger partial charge in [0.05, 0.1) is 26.4 Å². The van der Waals surface area contributed by atoms with Gasteiger partial charge in [0.15, 0.2) is 55.2 Å². The largest absolute Gasteiger partial charge is 0.505 e. The van der Waals surface area contributed by atoms with Gasteiger partial charge in [-0.25, -0.2) is 39.3 Å². The molecule has 12 N–H and O–H groups in total. The first-order valence-corrected chi connectivity index (χ1v) is 42.6. The van der Waals surface area contributed by atoms with Gasteiger partial charge in [-0.15, -0.1) is 0 Å². The van der Waals surface area contributed by atoms with E-state index in [1.807, 2.05) is 101 Å². The lowest BCUT2D eigenvalue weighted by Gasteiger charge is -2.32. The second-order valence-corrected chi connectivity index (χ2v) is 29.8. The summed E-state index contributed by atoms with van der Waals surface area (Å²) < 4.78 is 32.0. The molecule has 5 aliphatic heterocycles. The van der Waals surface area contributed by atoms with Gasteiger partial charge in [0.1, 0.15) is 29.9 Å². The molecule has 7 aromatic rings. The fourth-order valence-corrected chi connectivity index (χ4v) is 13.1. The Balaban J connectivity index is -0.000000466. The molecule has 38 heteroatoms. The summed E-state index contributed by atoms with van der Waals surface area (Å²) in [5.41, 5.74) is 13.8. The predicted octanol–water partition coefficient (Wildman–Crippen LogP) is 16.3. The van der Waals surface area contributed by atoms with E-state index in [1.54, 1.807) is 84.9 Å². The number of likely N-dealkylation sites (tertiary alicyclic amines) is 4. The van der Waals surface area contributed by atoms with E-state index in [-0.39, 0.29) is 153 Å². The Hall–Kier alpha value is -9.71. The van der Waals surface area contributed by atoms with Crippen molar-refractivity contribution in [3.8, 4) is 28.7 Å². The third-order valence-electron chi connectivity index (χ3n) is 18.8. The van der Waals surface area contributed by atoms with Crippen LogP contribution in [0, 0.1) is 0 Å². The summed E-state index contributed by atoms with van der Waals surface area (Å²) in [6.07, 6.45) is 17.1. The molecule has 12 rings (SSSR count). The maximum Gasteiger partial charge on any atom is 0.373 e. The maximum absolute atomic E-state index is 12.7. The molecule has 10 heterocycles. The minimum Gasteiger partial charge on any atom is -0.505 e. The van der Waals surface area contributed by atoms with Crippen molar-refractivity contribution in [2.75, 3.05) is 97.2 Å². The van der Waals surface area contributed by atoms with Crippen molar-refractivity contribution in [3.63, 3.8) is 0 Å². The van der Waals surface area contributed by atoms with Crippen LogP contribution in [0.4, 0.5) is 5.82 Å². The van der Waals surface area contributed by atoms with Crippen LogP contribution in [0.25, 0.3) is 0 Å². The smallest absolute Gasteiger partial charge is 0.373 e. The molecule has 2 aromatic carbocycles. The van der Waals surface area contributed by atoms with Gasteiger partial charge >= 0.3 is 32.0 Å². The standard InChI is InChI=1S/C22H27N3O4.C15H14ClNO3.C8H17BN2O2.C8H8ClNO3.C7H8ClNO.2C7H14N2O.C6H15BN2O.C5H4ClNO.8CH4/c1-3-28-20-19(22(27)29-15-17-7-5-4-6-8-17)9-12-23-21(20)24-18-10-13-25(14-11-18)16(2)26;1-2-19-13-12(8-9-17-14(13)16)15(18)20-10-11-6-4-3-5-7-11;1-7(12)11-5-3-8(4-6-11)10-9(2)13;1-2-13-6-5(8(11)12)3-4-10-7(6)9;1-2-10-6-4-3-5-9-7(6)8;2*1-6(10)9-4-2-7(8)3-5-9;1-7(10)9-6-2-4-8-5-3-6;6-5-4(8)2-1-3-7-5;;;;;;;;/h4-9,12,18H,3,10-11,13-15H2,1-2H3,(H,23,24);3-9H,2,10H2,1H3;8,10,13H,3-6H2,1-2H3;3-4H,2H2,1H3,(H,11,12);3-5H,2H2,1H3;2*7H,2-5,8H2,1H3;6,8-10H,2-5H2,1H3;1-3,8H;8*1H4. The molecule has 5 fully saturated rings. The molecule has 5 aromatic heterocycles. The molecule has 0 unspecified atom stereocenters. The highest BCUT2D eigenvalue weighted by Crippen LogP contribution is 2.32. The van der Waals surface area contributed by atoms with Gasteiger partial charge in [-0.3, -0.25) is 19.2 Å². The zero-order chi connectivity index (χ0) is 90.6. The number of halogens is 4. The molecule has 0 radical (unpaired) electrons. The molecular weight excluding hydrogens is 1760 g/mol. The van der Waals surface area contributed by atoms with E-state index >= 15 is 0 Å². The number of nitrogens with two attached hydrogens (primary N) is 2. The number of esters is 2. The van der Waals surface area contributed by atoms with Crippen LogP contribution in [0.2, 0.25) is 34.3 Å². The fraction of sp³-hybridized carbons (Fsp3) is 0.527. The van der Waals surface area contributed by atoms with Crippen molar-refractivity contribution < 1.29 is 82.2 Å². The van der Waals surface area contributed by atoms with Gasteiger partial charge in [0.2, 0.25) is 23.6 Å². The van der Waals surface area contributed by atoms with Crippen LogP contribution in [-0.2, 0) is 41.9 Å². The monoisotopic (exact) mass is 1910 g/mol. The van der Waals surface area contributed by atoms with Gasteiger partial charge in [0, 0.05) is 141 Å². The highest BCUT2D eigenvalue weighted by molar-refractivity contribution is 6.46. The minimum atomic E-state index is -1.08. The molecule has 736 valence electrons. The van der Waals surface area contributed by atoms with E-state index < -0.39 is 25.0 Å². The van der Waals surface area contributed by atoms with Crippen LogP contribution in [-0.4, -0.2) is 243 Å². The number of pyridine rings is 5. The first-order chi connectivity index (χ1) is 58.9. The number of hydrogen-bond acceptors (Lipinski definition) is 27. The molecular formula is C93H153B2Cl4N15O17. The van der Waals surface area contributed by atoms with Crippen molar-refractivity contribution in [3.05, 3.63) is 183 Å². The van der Waals surface area contributed by atoms with Gasteiger partial charge in [-0.05, 0) is 172 Å². The summed E-state index contributed by atoms with van der Waals surface area (Å²) in [6.45, 7) is 27.9. The lowest BCUT2D eigenvalue weighted by atomic mass is 9.85. The number of anilines is 1. The average molecular weight is 1920 g/mol. The molecule has 5 saturated heterocycles. The van der Waals surface area contributed by atoms with Crippen LogP contribution < -0.4 is 51.5 Å². The fourth-order valence-electron chi connectivity index (χ4n) is 12.3. The number of aromatic nitrogens is 5. The lowest BCUT2D eigenvalue weighted by molar-refractivity contribution is -0.130. The number of carbonyl (C=O) groups is 7. The highest BCUT2D eigenvalue weighted by Gasteiger charge is 2.27. The summed E-state index contributed by atoms with van der Waals surface area (Å²) in [7, 11) is -0.808. The number of hydrogen-bond donors (Lipinski definition) is 10. The van der Waals surface area contributed by atoms with E-state index in [4.69, 9.17) is 107 Å². The number of piperidine rings is 5. The third-order valence-corrected chi connectivity index (χ3v) is 20.0. The van der Waals surface area contributed by atoms with E-state index in [0.717, 1.165) is 128 Å². The van der Waals surface area contributed by atoms with Gasteiger partial charge in [-0.1, -0.05) is 166 Å². The zero-order valence-electron chi connectivity index (χ0n) is 71.9. The van der Waals surface area contributed by atoms with Crippen molar-refractivity contribution in [1.29, 1.82) is 0 Å². The molecule has 0 aliphatic carbocycles. The number of rotatable bonds is 21. The molecule has 0 atom stereocenters. The summed E-state index contributed by atoms with van der Waals surface area (Å²) in [5.74, 6) is 0.566. The first-order valence-electron chi connectivity index (χ1n) is 41.1. The predicted molar refractivity (Wildman–Crippen MR) is 532 cm³/mol. The highest BCUT2D eigenvalue weighted by atomic mass is 35.5. The number of aromatic carboxylic acids is 1. The van der Waals surface area contributed by atoms with Gasteiger partial charge < -0.3 is 101 Å². The quantitative estimate of drug-likeness (QED) is 0.0181. The average Bonchev–Trinajstić information content (AvgIpc) is 0.460. The van der Waals surface area contributed by atoms with Crippen LogP contribution in [0.15, 0.2) is 134 Å². The summed E-state index contributed by atoms with van der Waals surface area (Å²) in [4.78, 5) is 106. The van der Waals surface area contributed by atoms with Crippen LogP contribution in [0.5, 0.6) is 28.7 Å². The van der Waals surface area contributed by atoms with Gasteiger partial charge in [-0.2, -0.15) is 0 Å². The van der Waals surface area contributed by atoms with E-state index in [9.17, 15) is 33.6 Å². The second-order valence-electron chi connectivity index (χ2n) is 28.4. The SMILES string of the molecule is C.C.C.C.C.C.C.C.CB(O)NC1CCN(C(C)=O)CC1.CB(O)NC1CCNCC1.CC(=O)N1CCC(N)CC1.CC(=O)N1CCC(N)CC1.CCOc1c(C(=O)O)ccnc1Cl.CCOc1c(C(=O)OCc2ccccc2)ccnc1Cl.CCOc1c(C(=O)OCc2ccccc2)ccnc1NC1CCN(C(C)=O)CC1.CCOc1cccnc1Cl.Oc1cccnc1Cl. The van der Waals surface area contributed by atoms with E-state index in [1.165, 1.54) is 36.8 Å².